The smallest absolute Gasteiger partial charge is 0.267 e. The Hall–Kier alpha value is -1.70. The second-order valence-corrected chi connectivity index (χ2v) is 14.7. The van der Waals surface area contributed by atoms with E-state index in [1.165, 1.54) is 102 Å². The molecule has 7 heteroatoms. The van der Waals surface area contributed by atoms with Crippen LogP contribution in [0.25, 0.3) is 0 Å². The van der Waals surface area contributed by atoms with Crippen LogP contribution in [0.15, 0.2) is 48.6 Å². The molecule has 0 spiro atoms. The number of aliphatic hydroxyl groups excluding tert-OH is 1. The highest BCUT2D eigenvalue weighted by atomic mass is 32.2. The van der Waals surface area contributed by atoms with Gasteiger partial charge >= 0.3 is 0 Å². The van der Waals surface area contributed by atoms with E-state index < -0.39 is 28.0 Å². The van der Waals surface area contributed by atoms with Crippen LogP contribution in [-0.4, -0.2) is 41.9 Å². The Labute approximate surface area is 290 Å². The van der Waals surface area contributed by atoms with E-state index in [9.17, 15) is 22.9 Å². The first kappa shape index (κ1) is 45.3. The number of nitrogens with one attached hydrogen (secondary N) is 1. The van der Waals surface area contributed by atoms with Gasteiger partial charge in [0.25, 0.3) is 10.1 Å². The fourth-order valence-corrected chi connectivity index (χ4v) is 6.29. The first-order valence-corrected chi connectivity index (χ1v) is 20.9. The number of allylic oxidation sites excluding steroid dienone is 7. The first-order chi connectivity index (χ1) is 22.8. The second kappa shape index (κ2) is 34.2. The van der Waals surface area contributed by atoms with Gasteiger partial charge in [-0.1, -0.05) is 159 Å². The average Bonchev–Trinajstić information content (AvgIpc) is 3.03. The van der Waals surface area contributed by atoms with E-state index in [1.54, 1.807) is 6.08 Å². The van der Waals surface area contributed by atoms with Crippen molar-refractivity contribution in [1.29, 1.82) is 0 Å². The van der Waals surface area contributed by atoms with Crippen molar-refractivity contribution in [2.45, 2.75) is 193 Å². The SMILES string of the molecule is CCCCC/C=C\C/C=C\CCCCCCCC(=O)NC(CS(=O)(=O)O)C(O)/C=C/CC/C=C/CCCCCCCCCCCCC. The van der Waals surface area contributed by atoms with Gasteiger partial charge in [-0.25, -0.2) is 0 Å². The van der Waals surface area contributed by atoms with Crippen LogP contribution in [0.3, 0.4) is 0 Å². The van der Waals surface area contributed by atoms with Crippen molar-refractivity contribution in [2.75, 3.05) is 5.75 Å². The Bertz CT molecular complexity index is 925. The van der Waals surface area contributed by atoms with E-state index in [0.717, 1.165) is 51.4 Å². The molecule has 0 radical (unpaired) electrons. The molecule has 0 aromatic rings. The summed E-state index contributed by atoms with van der Waals surface area (Å²) in [4.78, 5) is 12.5. The highest BCUT2D eigenvalue weighted by Crippen LogP contribution is 2.13. The molecule has 0 saturated heterocycles. The second-order valence-electron chi connectivity index (χ2n) is 13.2. The summed E-state index contributed by atoms with van der Waals surface area (Å²) in [5.41, 5.74) is 0. The predicted octanol–water partition coefficient (Wildman–Crippen LogP) is 11.1. The molecule has 0 aromatic carbocycles. The molecule has 6 nitrogen and oxygen atoms in total. The molecule has 0 heterocycles. The molecular formula is C40H73NO5S. The van der Waals surface area contributed by atoms with Crippen molar-refractivity contribution in [3.05, 3.63) is 48.6 Å². The molecule has 0 rings (SSSR count). The summed E-state index contributed by atoms with van der Waals surface area (Å²) in [7, 11) is -4.36. The van der Waals surface area contributed by atoms with E-state index in [2.05, 4.69) is 55.6 Å². The topological polar surface area (TPSA) is 104 Å². The largest absolute Gasteiger partial charge is 0.387 e. The number of unbranched alkanes of at least 4 members (excludes halogenated alkanes) is 20. The van der Waals surface area contributed by atoms with Gasteiger partial charge in [-0.3, -0.25) is 9.35 Å². The summed E-state index contributed by atoms with van der Waals surface area (Å²) < 4.78 is 32.4. The van der Waals surface area contributed by atoms with Gasteiger partial charge in [0.2, 0.25) is 5.91 Å². The zero-order valence-electron chi connectivity index (χ0n) is 30.4. The van der Waals surface area contributed by atoms with E-state index in [4.69, 9.17) is 0 Å². The van der Waals surface area contributed by atoms with E-state index in [1.807, 2.05) is 0 Å². The number of hydrogen-bond acceptors (Lipinski definition) is 4. The van der Waals surface area contributed by atoms with Crippen molar-refractivity contribution in [3.63, 3.8) is 0 Å². The zero-order valence-corrected chi connectivity index (χ0v) is 31.2. The molecule has 0 bridgehead atoms. The minimum Gasteiger partial charge on any atom is -0.387 e. The Morgan fingerprint density at radius 2 is 0.979 bits per heavy atom. The summed E-state index contributed by atoms with van der Waals surface area (Å²) in [5.74, 6) is -1.02. The summed E-state index contributed by atoms with van der Waals surface area (Å²) in [6.45, 7) is 4.48. The van der Waals surface area contributed by atoms with Crippen LogP contribution in [0.4, 0.5) is 0 Å². The van der Waals surface area contributed by atoms with E-state index in [0.29, 0.717) is 12.8 Å². The van der Waals surface area contributed by atoms with E-state index >= 15 is 0 Å². The molecule has 0 aliphatic heterocycles. The van der Waals surface area contributed by atoms with Gasteiger partial charge in [0.05, 0.1) is 17.9 Å². The zero-order chi connectivity index (χ0) is 34.7. The molecule has 0 aliphatic carbocycles. The van der Waals surface area contributed by atoms with Crippen LogP contribution >= 0.6 is 0 Å². The van der Waals surface area contributed by atoms with Crippen LogP contribution in [0.2, 0.25) is 0 Å². The molecule has 2 unspecified atom stereocenters. The number of rotatable bonds is 34. The number of carbonyl (C=O) groups is 1. The number of carbonyl (C=O) groups excluding carboxylic acids is 1. The van der Waals surface area contributed by atoms with Crippen LogP contribution in [0.5, 0.6) is 0 Å². The standard InChI is InChI=1S/C40H73NO5S/c1-3-5-7-9-11-13-15-17-19-20-22-23-25-27-29-31-33-35-39(42)38(37-47(44,45)46)41-40(43)36-34-32-30-28-26-24-21-18-16-14-12-10-8-6-4-2/h12,14,18,21,25,27,33,35,38-39,42H,3-11,13,15-17,19-20,22-24,26,28-32,34,36-37H2,1-2H3,(H,41,43)(H,44,45,46)/b14-12-,21-18-,27-25+,35-33+. The minimum absolute atomic E-state index is 0.271. The highest BCUT2D eigenvalue weighted by Gasteiger charge is 2.24. The third kappa shape index (κ3) is 35.4. The third-order valence-electron chi connectivity index (χ3n) is 8.48. The molecule has 0 saturated carbocycles. The predicted molar refractivity (Wildman–Crippen MR) is 202 cm³/mol. The summed E-state index contributed by atoms with van der Waals surface area (Å²) in [5, 5.41) is 13.2. The molecule has 0 fully saturated rings. The Balaban J connectivity index is 4.05. The Morgan fingerprint density at radius 3 is 1.51 bits per heavy atom. The number of hydrogen-bond donors (Lipinski definition) is 3. The Morgan fingerprint density at radius 1 is 0.574 bits per heavy atom. The lowest BCUT2D eigenvalue weighted by Crippen LogP contribution is -2.46. The monoisotopic (exact) mass is 680 g/mol. The lowest BCUT2D eigenvalue weighted by atomic mass is 10.1. The van der Waals surface area contributed by atoms with Crippen molar-refractivity contribution in [3.8, 4) is 0 Å². The normalized spacial score (nSPS) is 13.9. The average molecular weight is 680 g/mol. The summed E-state index contributed by atoms with van der Waals surface area (Å²) in [6.07, 6.45) is 45.2. The third-order valence-corrected chi connectivity index (χ3v) is 9.26. The molecule has 0 aromatic heterocycles. The fourth-order valence-electron chi connectivity index (χ4n) is 5.55. The lowest BCUT2D eigenvalue weighted by Gasteiger charge is -2.21. The van der Waals surface area contributed by atoms with Gasteiger partial charge in [-0.05, 0) is 64.2 Å². The van der Waals surface area contributed by atoms with Gasteiger partial charge < -0.3 is 10.4 Å². The molecule has 274 valence electrons. The fraction of sp³-hybridized carbons (Fsp3) is 0.775. The molecular weight excluding hydrogens is 607 g/mol. The van der Waals surface area contributed by atoms with E-state index in [-0.39, 0.29) is 12.3 Å². The van der Waals surface area contributed by atoms with Gasteiger partial charge in [0, 0.05) is 6.42 Å². The van der Waals surface area contributed by atoms with Crippen LogP contribution in [-0.2, 0) is 14.9 Å². The van der Waals surface area contributed by atoms with Crippen molar-refractivity contribution >= 4 is 16.0 Å². The maximum Gasteiger partial charge on any atom is 0.267 e. The molecule has 47 heavy (non-hydrogen) atoms. The molecule has 3 N–H and O–H groups in total. The van der Waals surface area contributed by atoms with Crippen molar-refractivity contribution in [1.82, 2.24) is 5.32 Å². The van der Waals surface area contributed by atoms with Crippen LogP contribution in [0.1, 0.15) is 181 Å². The quantitative estimate of drug-likeness (QED) is 0.0357. The van der Waals surface area contributed by atoms with Gasteiger partial charge in [0.15, 0.2) is 0 Å². The minimum atomic E-state index is -4.36. The molecule has 2 atom stereocenters. The van der Waals surface area contributed by atoms with Crippen molar-refractivity contribution in [2.24, 2.45) is 0 Å². The van der Waals surface area contributed by atoms with Crippen LogP contribution < -0.4 is 5.32 Å². The van der Waals surface area contributed by atoms with Crippen LogP contribution in [0, 0.1) is 0 Å². The lowest BCUT2D eigenvalue weighted by molar-refractivity contribution is -0.122. The van der Waals surface area contributed by atoms with Gasteiger partial charge in [-0.15, -0.1) is 0 Å². The summed E-state index contributed by atoms with van der Waals surface area (Å²) >= 11 is 0. The van der Waals surface area contributed by atoms with Gasteiger partial charge in [-0.2, -0.15) is 8.42 Å². The summed E-state index contributed by atoms with van der Waals surface area (Å²) in [6, 6.07) is -1.08. The highest BCUT2D eigenvalue weighted by molar-refractivity contribution is 7.85. The maximum absolute atomic E-state index is 12.5. The molecule has 0 aliphatic rings. The first-order valence-electron chi connectivity index (χ1n) is 19.3. The number of aliphatic hydroxyl groups is 1. The van der Waals surface area contributed by atoms with Crippen molar-refractivity contribution < 1.29 is 22.9 Å². The number of amides is 1. The van der Waals surface area contributed by atoms with Gasteiger partial charge in [0.1, 0.15) is 0 Å². The Kier molecular flexibility index (Phi) is 32.9. The molecule has 1 amide bonds. The maximum atomic E-state index is 12.5.